The maximum atomic E-state index is 12.7. The van der Waals surface area contributed by atoms with Crippen molar-refractivity contribution < 1.29 is 8.42 Å². The molecule has 0 atom stereocenters. The predicted octanol–water partition coefficient (Wildman–Crippen LogP) is 2.62. The molecule has 0 heterocycles. The molecule has 0 spiro atoms. The molecule has 0 bridgehead atoms. The molecular formula is C14H12ClN3O2S. The zero-order valence-corrected chi connectivity index (χ0v) is 12.7. The van der Waals surface area contributed by atoms with Gasteiger partial charge in [-0.05, 0) is 30.3 Å². The van der Waals surface area contributed by atoms with Gasteiger partial charge in [-0.3, -0.25) is 4.31 Å². The number of hydrogen-bond donors (Lipinski definition) is 1. The minimum Gasteiger partial charge on any atom is -0.397 e. The first-order valence-corrected chi connectivity index (χ1v) is 7.73. The van der Waals surface area contributed by atoms with Crippen molar-refractivity contribution in [3.05, 3.63) is 53.1 Å². The second kappa shape index (κ2) is 5.64. The first kappa shape index (κ1) is 15.2. The Morgan fingerprint density at radius 1 is 1.24 bits per heavy atom. The molecule has 0 aliphatic rings. The quantitative estimate of drug-likeness (QED) is 0.880. The Balaban J connectivity index is 2.59. The number of nitrogens with zero attached hydrogens (tertiary/aromatic N) is 2. The minimum absolute atomic E-state index is 0.0740. The van der Waals surface area contributed by atoms with Gasteiger partial charge in [-0.2, -0.15) is 5.26 Å². The van der Waals surface area contributed by atoms with Crippen molar-refractivity contribution in [3.63, 3.8) is 0 Å². The number of rotatable bonds is 3. The van der Waals surface area contributed by atoms with Gasteiger partial charge < -0.3 is 5.73 Å². The van der Waals surface area contributed by atoms with Gasteiger partial charge in [0.25, 0.3) is 10.0 Å². The first-order valence-electron chi connectivity index (χ1n) is 5.91. The van der Waals surface area contributed by atoms with Crippen LogP contribution in [0.25, 0.3) is 0 Å². The lowest BCUT2D eigenvalue weighted by atomic mass is 10.2. The summed E-state index contributed by atoms with van der Waals surface area (Å²) < 4.78 is 26.3. The maximum absolute atomic E-state index is 12.7. The van der Waals surface area contributed by atoms with E-state index < -0.39 is 10.0 Å². The zero-order valence-electron chi connectivity index (χ0n) is 11.1. The van der Waals surface area contributed by atoms with E-state index in [0.717, 1.165) is 4.31 Å². The smallest absolute Gasteiger partial charge is 0.265 e. The average Bonchev–Trinajstić information content (AvgIpc) is 2.48. The van der Waals surface area contributed by atoms with E-state index >= 15 is 0 Å². The van der Waals surface area contributed by atoms with Crippen LogP contribution in [0, 0.1) is 11.3 Å². The van der Waals surface area contributed by atoms with Crippen LogP contribution in [0.2, 0.25) is 5.02 Å². The summed E-state index contributed by atoms with van der Waals surface area (Å²) in [7, 11) is -2.54. The molecule has 0 saturated carbocycles. The highest BCUT2D eigenvalue weighted by atomic mass is 35.5. The highest BCUT2D eigenvalue weighted by molar-refractivity contribution is 7.92. The lowest BCUT2D eigenvalue weighted by Crippen LogP contribution is -2.28. The number of halogens is 1. The number of benzene rings is 2. The molecule has 108 valence electrons. The molecule has 2 rings (SSSR count). The molecule has 0 saturated heterocycles. The van der Waals surface area contributed by atoms with Crippen LogP contribution in [-0.4, -0.2) is 15.5 Å². The predicted molar refractivity (Wildman–Crippen MR) is 82.6 cm³/mol. The number of anilines is 2. The topological polar surface area (TPSA) is 87.2 Å². The van der Waals surface area contributed by atoms with Crippen molar-refractivity contribution in [2.45, 2.75) is 4.90 Å². The van der Waals surface area contributed by atoms with Crippen molar-refractivity contribution in [2.24, 2.45) is 0 Å². The fourth-order valence-electron chi connectivity index (χ4n) is 1.85. The van der Waals surface area contributed by atoms with Gasteiger partial charge in [0.15, 0.2) is 0 Å². The van der Waals surface area contributed by atoms with Gasteiger partial charge in [0.05, 0.1) is 16.9 Å². The maximum Gasteiger partial charge on any atom is 0.265 e. The Hall–Kier alpha value is -2.23. The molecule has 7 heteroatoms. The van der Waals surface area contributed by atoms with Crippen LogP contribution in [0.15, 0.2) is 47.4 Å². The molecule has 2 aromatic carbocycles. The molecule has 0 aromatic heterocycles. The normalized spacial score (nSPS) is 10.9. The summed E-state index contributed by atoms with van der Waals surface area (Å²) in [6.07, 6.45) is 0. The van der Waals surface area contributed by atoms with E-state index in [1.54, 1.807) is 18.2 Å². The number of sulfonamides is 1. The number of nitrogen functional groups attached to an aromatic ring is 1. The number of nitrogens with two attached hydrogens (primary N) is 1. The fraction of sp³-hybridized carbons (Fsp3) is 0.0714. The Bertz CT molecular complexity index is 828. The molecule has 0 aliphatic carbocycles. The molecule has 0 amide bonds. The molecule has 0 radical (unpaired) electrons. The Kier molecular flexibility index (Phi) is 4.07. The van der Waals surface area contributed by atoms with Crippen molar-refractivity contribution in [3.8, 4) is 6.07 Å². The molecular weight excluding hydrogens is 310 g/mol. The van der Waals surface area contributed by atoms with E-state index in [-0.39, 0.29) is 21.8 Å². The lowest BCUT2D eigenvalue weighted by Gasteiger charge is -2.21. The molecule has 2 N–H and O–H groups in total. The SMILES string of the molecule is CN(c1cc(Cl)ccc1N)S(=O)(=O)c1ccccc1C#N. The first-order chi connectivity index (χ1) is 9.87. The van der Waals surface area contributed by atoms with E-state index in [1.165, 1.54) is 31.3 Å². The van der Waals surface area contributed by atoms with Gasteiger partial charge in [-0.15, -0.1) is 0 Å². The molecule has 2 aromatic rings. The van der Waals surface area contributed by atoms with E-state index in [2.05, 4.69) is 0 Å². The highest BCUT2D eigenvalue weighted by Crippen LogP contribution is 2.30. The summed E-state index contributed by atoms with van der Waals surface area (Å²) in [5, 5.41) is 9.42. The molecule has 0 fully saturated rings. The van der Waals surface area contributed by atoms with Gasteiger partial charge in [0.2, 0.25) is 0 Å². The van der Waals surface area contributed by atoms with Gasteiger partial charge in [0.1, 0.15) is 11.0 Å². The van der Waals surface area contributed by atoms with Crippen molar-refractivity contribution in [1.29, 1.82) is 5.26 Å². The largest absolute Gasteiger partial charge is 0.397 e. The van der Waals surface area contributed by atoms with Gasteiger partial charge in [0, 0.05) is 12.1 Å². The standard InChI is InChI=1S/C14H12ClN3O2S/c1-18(13-8-11(15)6-7-12(13)17)21(19,20)14-5-3-2-4-10(14)9-16/h2-8H,17H2,1H3. The third-order valence-corrected chi connectivity index (χ3v) is 5.04. The van der Waals surface area contributed by atoms with E-state index in [4.69, 9.17) is 22.6 Å². The van der Waals surface area contributed by atoms with Crippen LogP contribution >= 0.6 is 11.6 Å². The summed E-state index contributed by atoms with van der Waals surface area (Å²) in [5.41, 5.74) is 6.42. The van der Waals surface area contributed by atoms with Crippen molar-refractivity contribution in [2.75, 3.05) is 17.1 Å². The summed E-state index contributed by atoms with van der Waals surface area (Å²) in [6.45, 7) is 0. The second-order valence-electron chi connectivity index (χ2n) is 4.28. The lowest BCUT2D eigenvalue weighted by molar-refractivity contribution is 0.594. The molecule has 0 aliphatic heterocycles. The van der Waals surface area contributed by atoms with Crippen LogP contribution in [0.1, 0.15) is 5.56 Å². The van der Waals surface area contributed by atoms with Crippen LogP contribution in [0.5, 0.6) is 0 Å². The third-order valence-electron chi connectivity index (χ3n) is 2.98. The van der Waals surface area contributed by atoms with Crippen molar-refractivity contribution in [1.82, 2.24) is 0 Å². The van der Waals surface area contributed by atoms with Gasteiger partial charge in [-0.1, -0.05) is 23.7 Å². The monoisotopic (exact) mass is 321 g/mol. The van der Waals surface area contributed by atoms with E-state index in [0.29, 0.717) is 5.02 Å². The molecule has 5 nitrogen and oxygen atoms in total. The van der Waals surface area contributed by atoms with Crippen LogP contribution in [-0.2, 0) is 10.0 Å². The van der Waals surface area contributed by atoms with Gasteiger partial charge >= 0.3 is 0 Å². The Morgan fingerprint density at radius 2 is 1.90 bits per heavy atom. The van der Waals surface area contributed by atoms with Crippen LogP contribution in [0.4, 0.5) is 11.4 Å². The van der Waals surface area contributed by atoms with Crippen LogP contribution < -0.4 is 10.0 Å². The summed E-state index contributed by atoms with van der Waals surface area (Å²) in [5.74, 6) is 0. The van der Waals surface area contributed by atoms with E-state index in [1.807, 2.05) is 6.07 Å². The third kappa shape index (κ3) is 2.79. The Morgan fingerprint density at radius 3 is 2.57 bits per heavy atom. The minimum atomic E-state index is -3.90. The van der Waals surface area contributed by atoms with Crippen molar-refractivity contribution >= 4 is 33.0 Å². The zero-order chi connectivity index (χ0) is 15.6. The van der Waals surface area contributed by atoms with Crippen LogP contribution in [0.3, 0.4) is 0 Å². The van der Waals surface area contributed by atoms with E-state index in [9.17, 15) is 8.42 Å². The highest BCUT2D eigenvalue weighted by Gasteiger charge is 2.25. The Labute approximate surface area is 128 Å². The number of nitriles is 1. The summed E-state index contributed by atoms with van der Waals surface area (Å²) in [6, 6.07) is 12.4. The molecule has 0 unspecified atom stereocenters. The average molecular weight is 322 g/mol. The number of hydrogen-bond acceptors (Lipinski definition) is 4. The summed E-state index contributed by atoms with van der Waals surface area (Å²) in [4.78, 5) is -0.0747. The second-order valence-corrected chi connectivity index (χ2v) is 6.66. The van der Waals surface area contributed by atoms with Gasteiger partial charge in [-0.25, -0.2) is 8.42 Å². The fourth-order valence-corrected chi connectivity index (χ4v) is 3.37. The summed E-state index contributed by atoms with van der Waals surface area (Å²) >= 11 is 5.89. The molecule has 21 heavy (non-hydrogen) atoms.